The Hall–Kier alpha value is -3.10. The van der Waals surface area contributed by atoms with Crippen LogP contribution < -0.4 is 19.3 Å². The largest absolute Gasteiger partial charge is 0.491 e. The van der Waals surface area contributed by atoms with Gasteiger partial charge in [0.1, 0.15) is 42.6 Å². The van der Waals surface area contributed by atoms with E-state index in [1.165, 1.54) is 12.8 Å². The number of nitrogens with zero attached hydrogens (tertiary/aromatic N) is 2. The molecule has 7 unspecified atom stereocenters. The van der Waals surface area contributed by atoms with Gasteiger partial charge in [0.25, 0.3) is 0 Å². The molecule has 6 aliphatic rings. The predicted octanol–water partition coefficient (Wildman–Crippen LogP) is 4.16. The SMILES string of the molecule is O=C1CCC2(C3C4CCCCC4C3C(=O)N2c2ccc(OCC3CO3)cc2)N1c1ccc(OCC2CO2)cc1. The highest BCUT2D eigenvalue weighted by Crippen LogP contribution is 2.67. The third-order valence-corrected chi connectivity index (χ3v) is 9.82. The Morgan fingerprint density at radius 2 is 1.31 bits per heavy atom. The van der Waals surface area contributed by atoms with Gasteiger partial charge < -0.3 is 18.9 Å². The number of anilines is 2. The molecule has 8 nitrogen and oxygen atoms in total. The van der Waals surface area contributed by atoms with Gasteiger partial charge in [-0.3, -0.25) is 19.4 Å². The van der Waals surface area contributed by atoms with E-state index in [1.54, 1.807) is 0 Å². The number of hydrogen-bond acceptors (Lipinski definition) is 6. The van der Waals surface area contributed by atoms with Gasteiger partial charge in [0.15, 0.2) is 0 Å². The van der Waals surface area contributed by atoms with Gasteiger partial charge in [0.2, 0.25) is 11.8 Å². The quantitative estimate of drug-likeness (QED) is 0.477. The summed E-state index contributed by atoms with van der Waals surface area (Å²) in [5.41, 5.74) is 0.978. The Morgan fingerprint density at radius 3 is 1.87 bits per heavy atom. The minimum absolute atomic E-state index is 0.0206. The molecule has 0 radical (unpaired) electrons. The van der Waals surface area contributed by atoms with Crippen LogP contribution in [0.5, 0.6) is 11.5 Å². The average Bonchev–Trinajstić information content (AvgIpc) is 3.88. The zero-order valence-electron chi connectivity index (χ0n) is 22.0. The average molecular weight is 531 g/mol. The van der Waals surface area contributed by atoms with E-state index in [9.17, 15) is 9.59 Å². The summed E-state index contributed by atoms with van der Waals surface area (Å²) in [6.45, 7) is 2.57. The van der Waals surface area contributed by atoms with Gasteiger partial charge in [-0.25, -0.2) is 0 Å². The number of epoxide rings is 2. The summed E-state index contributed by atoms with van der Waals surface area (Å²) in [7, 11) is 0. The van der Waals surface area contributed by atoms with Crippen LogP contribution in [0.3, 0.4) is 0 Å². The van der Waals surface area contributed by atoms with Gasteiger partial charge in [0.05, 0.1) is 13.2 Å². The summed E-state index contributed by atoms with van der Waals surface area (Å²) in [6, 6.07) is 15.6. The molecule has 2 aromatic carbocycles. The normalized spacial score (nSPS) is 36.0. The zero-order chi connectivity index (χ0) is 26.1. The molecule has 7 atom stereocenters. The second kappa shape index (κ2) is 8.96. The standard InChI is InChI=1S/C31H34N2O6/c34-27-13-14-31(32(27)19-5-9-21(10-6-19)36-15-23-17-38-23)29-26-4-2-1-3-25(26)28(29)30(35)33(31)20-7-11-22(12-8-20)37-16-24-18-39-24/h5-12,23-26,28-29H,1-4,13-18H2. The van der Waals surface area contributed by atoms with Crippen molar-refractivity contribution >= 4 is 23.2 Å². The monoisotopic (exact) mass is 530 g/mol. The summed E-state index contributed by atoms with van der Waals surface area (Å²) in [6.07, 6.45) is 6.10. The van der Waals surface area contributed by atoms with Crippen LogP contribution in [0.15, 0.2) is 48.5 Å². The van der Waals surface area contributed by atoms with Crippen LogP contribution in [0.1, 0.15) is 38.5 Å². The molecule has 0 bridgehead atoms. The maximum absolute atomic E-state index is 14.3. The first-order chi connectivity index (χ1) is 19.1. The molecule has 8 rings (SSSR count). The molecule has 4 saturated heterocycles. The lowest BCUT2D eigenvalue weighted by molar-refractivity contribution is -0.134. The second-order valence-corrected chi connectivity index (χ2v) is 12.0. The van der Waals surface area contributed by atoms with Crippen molar-refractivity contribution < 1.29 is 28.5 Å². The Labute approximate surface area is 228 Å². The summed E-state index contributed by atoms with van der Waals surface area (Å²) >= 11 is 0. The summed E-state index contributed by atoms with van der Waals surface area (Å²) in [5.74, 6) is 2.81. The van der Waals surface area contributed by atoms with Gasteiger partial charge >= 0.3 is 0 Å². The number of ether oxygens (including phenoxy) is 4. The first-order valence-electron chi connectivity index (χ1n) is 14.5. The first kappa shape index (κ1) is 23.8. The number of carbonyl (C=O) groups excluding carboxylic acids is 2. The lowest BCUT2D eigenvalue weighted by Crippen LogP contribution is -2.64. The third-order valence-electron chi connectivity index (χ3n) is 9.82. The van der Waals surface area contributed by atoms with Crippen LogP contribution in [-0.2, 0) is 19.1 Å². The van der Waals surface area contributed by atoms with E-state index in [4.69, 9.17) is 18.9 Å². The van der Waals surface area contributed by atoms with Crippen molar-refractivity contribution in [2.75, 3.05) is 36.2 Å². The number of fused-ring (bicyclic) bond motifs is 5. The fraction of sp³-hybridized carbons (Fsp3) is 0.548. The Kier molecular flexibility index (Phi) is 5.46. The Bertz CT molecular complexity index is 1270. The van der Waals surface area contributed by atoms with Crippen LogP contribution in [0, 0.1) is 23.7 Å². The molecule has 1 spiro atoms. The fourth-order valence-electron chi connectivity index (χ4n) is 7.99. The molecule has 0 aromatic heterocycles. The highest BCUT2D eigenvalue weighted by molar-refractivity contribution is 6.07. The second-order valence-electron chi connectivity index (χ2n) is 12.0. The maximum Gasteiger partial charge on any atom is 0.232 e. The molecule has 2 amide bonds. The number of rotatable bonds is 8. The van der Waals surface area contributed by atoms with Gasteiger partial charge in [-0.2, -0.15) is 0 Å². The number of hydrogen-bond donors (Lipinski definition) is 0. The van der Waals surface area contributed by atoms with Crippen molar-refractivity contribution in [2.24, 2.45) is 23.7 Å². The zero-order valence-corrected chi connectivity index (χ0v) is 22.0. The van der Waals surface area contributed by atoms with Crippen LogP contribution in [0.25, 0.3) is 0 Å². The molecule has 2 aromatic rings. The van der Waals surface area contributed by atoms with Crippen molar-refractivity contribution in [1.82, 2.24) is 0 Å². The van der Waals surface area contributed by atoms with E-state index in [0.717, 1.165) is 48.9 Å². The van der Waals surface area contributed by atoms with Gasteiger partial charge in [-0.15, -0.1) is 0 Å². The van der Waals surface area contributed by atoms with E-state index < -0.39 is 5.66 Å². The minimum Gasteiger partial charge on any atom is -0.491 e. The number of carbonyl (C=O) groups is 2. The molecule has 8 heteroatoms. The van der Waals surface area contributed by atoms with Gasteiger partial charge in [-0.1, -0.05) is 12.8 Å². The van der Waals surface area contributed by atoms with Crippen molar-refractivity contribution in [3.05, 3.63) is 48.5 Å². The fourth-order valence-corrected chi connectivity index (χ4v) is 7.99. The lowest BCUT2D eigenvalue weighted by atomic mass is 9.50. The number of amides is 2. The summed E-state index contributed by atoms with van der Waals surface area (Å²) in [5, 5.41) is 0. The summed E-state index contributed by atoms with van der Waals surface area (Å²) in [4.78, 5) is 31.9. The molecule has 2 aliphatic carbocycles. The highest BCUT2D eigenvalue weighted by Gasteiger charge is 2.74. The molecule has 4 aliphatic heterocycles. The maximum atomic E-state index is 14.3. The molecule has 39 heavy (non-hydrogen) atoms. The Balaban J connectivity index is 1.16. The van der Waals surface area contributed by atoms with Gasteiger partial charge in [0, 0.05) is 29.6 Å². The van der Waals surface area contributed by atoms with Crippen molar-refractivity contribution in [3.8, 4) is 11.5 Å². The van der Waals surface area contributed by atoms with Crippen LogP contribution in [0.2, 0.25) is 0 Å². The van der Waals surface area contributed by atoms with Crippen LogP contribution in [0.4, 0.5) is 11.4 Å². The van der Waals surface area contributed by atoms with E-state index in [2.05, 4.69) is 0 Å². The van der Waals surface area contributed by atoms with Crippen molar-refractivity contribution in [2.45, 2.75) is 56.4 Å². The van der Waals surface area contributed by atoms with Gasteiger partial charge in [-0.05, 0) is 79.6 Å². The smallest absolute Gasteiger partial charge is 0.232 e. The topological polar surface area (TPSA) is 84.1 Å². The van der Waals surface area contributed by atoms with E-state index in [1.807, 2.05) is 58.3 Å². The third kappa shape index (κ3) is 3.79. The predicted molar refractivity (Wildman–Crippen MR) is 143 cm³/mol. The van der Waals surface area contributed by atoms with Crippen LogP contribution in [-0.4, -0.2) is 56.1 Å². The van der Waals surface area contributed by atoms with E-state index in [-0.39, 0.29) is 35.9 Å². The molecule has 204 valence electrons. The molecular weight excluding hydrogens is 496 g/mol. The van der Waals surface area contributed by atoms with E-state index in [0.29, 0.717) is 37.9 Å². The lowest BCUT2D eigenvalue weighted by Gasteiger charge is -2.56. The molecule has 2 saturated carbocycles. The first-order valence-corrected chi connectivity index (χ1v) is 14.5. The molecule has 0 N–H and O–H groups in total. The van der Waals surface area contributed by atoms with Crippen LogP contribution >= 0.6 is 0 Å². The van der Waals surface area contributed by atoms with Crippen molar-refractivity contribution in [1.29, 1.82) is 0 Å². The number of benzene rings is 2. The van der Waals surface area contributed by atoms with Crippen molar-refractivity contribution in [3.63, 3.8) is 0 Å². The molecule has 4 heterocycles. The molecular formula is C31H34N2O6. The van der Waals surface area contributed by atoms with E-state index >= 15 is 0 Å². The highest BCUT2D eigenvalue weighted by atomic mass is 16.6. The molecule has 6 fully saturated rings. The Morgan fingerprint density at radius 1 is 0.769 bits per heavy atom. The minimum atomic E-state index is -0.689. The summed E-state index contributed by atoms with van der Waals surface area (Å²) < 4.78 is 22.2.